The SMILES string of the molecule is CC1(C)CCC(O)(CNCc2nnc3n2CCCC3)CC1. The third-order valence-corrected chi connectivity index (χ3v) is 5.21. The van der Waals surface area contributed by atoms with Crippen LogP contribution in [-0.2, 0) is 19.5 Å². The molecule has 118 valence electrons. The highest BCUT2D eigenvalue weighted by Crippen LogP contribution is 2.39. The Morgan fingerprint density at radius 1 is 1.14 bits per heavy atom. The van der Waals surface area contributed by atoms with E-state index in [1.165, 1.54) is 12.8 Å². The van der Waals surface area contributed by atoms with Crippen molar-refractivity contribution in [2.45, 2.75) is 77.5 Å². The van der Waals surface area contributed by atoms with Gasteiger partial charge in [0.15, 0.2) is 0 Å². The third-order valence-electron chi connectivity index (χ3n) is 5.21. The van der Waals surface area contributed by atoms with Crippen LogP contribution in [0.4, 0.5) is 0 Å². The first-order valence-corrected chi connectivity index (χ1v) is 8.32. The highest BCUT2D eigenvalue weighted by molar-refractivity contribution is 4.99. The Morgan fingerprint density at radius 3 is 2.67 bits per heavy atom. The minimum Gasteiger partial charge on any atom is -0.389 e. The summed E-state index contributed by atoms with van der Waals surface area (Å²) >= 11 is 0. The molecule has 2 N–H and O–H groups in total. The Bertz CT molecular complexity index is 484. The summed E-state index contributed by atoms with van der Waals surface area (Å²) in [4.78, 5) is 0. The lowest BCUT2D eigenvalue weighted by Crippen LogP contribution is -2.45. The molecule has 2 aliphatic rings. The molecule has 1 aliphatic heterocycles. The van der Waals surface area contributed by atoms with Crippen molar-refractivity contribution < 1.29 is 5.11 Å². The molecule has 0 atom stereocenters. The van der Waals surface area contributed by atoms with Gasteiger partial charge in [0.25, 0.3) is 0 Å². The van der Waals surface area contributed by atoms with Gasteiger partial charge in [0.05, 0.1) is 12.1 Å². The topological polar surface area (TPSA) is 63.0 Å². The van der Waals surface area contributed by atoms with Crippen molar-refractivity contribution in [3.63, 3.8) is 0 Å². The van der Waals surface area contributed by atoms with Gasteiger partial charge in [-0.05, 0) is 43.9 Å². The van der Waals surface area contributed by atoms with E-state index in [-0.39, 0.29) is 0 Å². The van der Waals surface area contributed by atoms with Gasteiger partial charge in [-0.3, -0.25) is 0 Å². The second kappa shape index (κ2) is 5.69. The summed E-state index contributed by atoms with van der Waals surface area (Å²) < 4.78 is 2.24. The lowest BCUT2D eigenvalue weighted by Gasteiger charge is -2.40. The van der Waals surface area contributed by atoms with Crippen LogP contribution in [0.5, 0.6) is 0 Å². The number of aliphatic hydroxyl groups is 1. The van der Waals surface area contributed by atoms with Crippen LogP contribution in [0.3, 0.4) is 0 Å². The predicted octanol–water partition coefficient (Wildman–Crippen LogP) is 2.04. The Morgan fingerprint density at radius 2 is 1.90 bits per heavy atom. The average Bonchev–Trinajstić information content (AvgIpc) is 2.87. The minimum absolute atomic E-state index is 0.387. The summed E-state index contributed by atoms with van der Waals surface area (Å²) in [7, 11) is 0. The van der Waals surface area contributed by atoms with E-state index in [9.17, 15) is 5.11 Å². The second-order valence-electron chi connectivity index (χ2n) is 7.63. The maximum absolute atomic E-state index is 10.7. The molecule has 5 heteroatoms. The normalized spacial score (nSPS) is 23.8. The number of hydrogen-bond donors (Lipinski definition) is 2. The van der Waals surface area contributed by atoms with Crippen LogP contribution >= 0.6 is 0 Å². The molecule has 3 rings (SSSR count). The van der Waals surface area contributed by atoms with Crippen LogP contribution < -0.4 is 5.32 Å². The van der Waals surface area contributed by atoms with E-state index >= 15 is 0 Å². The smallest absolute Gasteiger partial charge is 0.147 e. The zero-order valence-corrected chi connectivity index (χ0v) is 13.4. The summed E-state index contributed by atoms with van der Waals surface area (Å²) in [6, 6.07) is 0. The van der Waals surface area contributed by atoms with E-state index in [2.05, 4.69) is 33.9 Å². The fourth-order valence-electron chi connectivity index (χ4n) is 3.48. The van der Waals surface area contributed by atoms with Crippen LogP contribution in [-0.4, -0.2) is 32.0 Å². The van der Waals surface area contributed by atoms with Gasteiger partial charge in [0.2, 0.25) is 0 Å². The highest BCUT2D eigenvalue weighted by atomic mass is 16.3. The summed E-state index contributed by atoms with van der Waals surface area (Å²) in [6.07, 6.45) is 7.48. The van der Waals surface area contributed by atoms with Gasteiger partial charge in [-0.1, -0.05) is 13.8 Å². The fraction of sp³-hybridized carbons (Fsp3) is 0.875. The number of aromatic nitrogens is 3. The fourth-order valence-corrected chi connectivity index (χ4v) is 3.48. The average molecular weight is 292 g/mol. The molecular weight excluding hydrogens is 264 g/mol. The number of nitrogens with one attached hydrogen (secondary N) is 1. The lowest BCUT2D eigenvalue weighted by atomic mass is 9.71. The summed E-state index contributed by atoms with van der Waals surface area (Å²) in [5.41, 5.74) is -0.154. The largest absolute Gasteiger partial charge is 0.389 e. The molecule has 2 heterocycles. The summed E-state index contributed by atoms with van der Waals surface area (Å²) in [5.74, 6) is 2.14. The standard InChI is InChI=1S/C16H28N4O/c1-15(2)6-8-16(21,9-7-15)12-17-11-14-19-18-13-5-3-4-10-20(13)14/h17,21H,3-12H2,1-2H3. The molecule has 0 unspecified atom stereocenters. The highest BCUT2D eigenvalue weighted by Gasteiger charge is 2.36. The zero-order chi connectivity index (χ0) is 14.9. The van der Waals surface area contributed by atoms with E-state index in [1.807, 2.05) is 0 Å². The van der Waals surface area contributed by atoms with Crippen molar-refractivity contribution in [2.75, 3.05) is 6.54 Å². The molecular formula is C16H28N4O. The van der Waals surface area contributed by atoms with Crippen molar-refractivity contribution in [1.29, 1.82) is 0 Å². The third kappa shape index (κ3) is 3.46. The number of fused-ring (bicyclic) bond motifs is 1. The molecule has 0 spiro atoms. The van der Waals surface area contributed by atoms with Gasteiger partial charge in [0, 0.05) is 19.5 Å². The Hall–Kier alpha value is -0.940. The lowest BCUT2D eigenvalue weighted by molar-refractivity contribution is -0.0246. The van der Waals surface area contributed by atoms with Gasteiger partial charge in [0.1, 0.15) is 11.6 Å². The van der Waals surface area contributed by atoms with Crippen molar-refractivity contribution in [3.05, 3.63) is 11.6 Å². The van der Waals surface area contributed by atoms with Gasteiger partial charge in [-0.25, -0.2) is 0 Å². The minimum atomic E-state index is -0.541. The Labute approximate surface area is 127 Å². The summed E-state index contributed by atoms with van der Waals surface area (Å²) in [5, 5.41) is 22.6. The monoisotopic (exact) mass is 292 g/mol. The van der Waals surface area contributed by atoms with Gasteiger partial charge < -0.3 is 15.0 Å². The number of rotatable bonds is 4. The van der Waals surface area contributed by atoms with E-state index in [0.717, 1.165) is 50.3 Å². The Balaban J connectivity index is 1.51. The quantitative estimate of drug-likeness (QED) is 0.891. The van der Waals surface area contributed by atoms with E-state index in [4.69, 9.17) is 0 Å². The van der Waals surface area contributed by atoms with E-state index in [0.29, 0.717) is 18.5 Å². The molecule has 0 bridgehead atoms. The maximum atomic E-state index is 10.7. The number of hydrogen-bond acceptors (Lipinski definition) is 4. The molecule has 0 saturated heterocycles. The molecule has 5 nitrogen and oxygen atoms in total. The zero-order valence-electron chi connectivity index (χ0n) is 13.4. The van der Waals surface area contributed by atoms with Crippen LogP contribution in [0.15, 0.2) is 0 Å². The van der Waals surface area contributed by atoms with Gasteiger partial charge in [-0.15, -0.1) is 10.2 Å². The number of nitrogens with zero attached hydrogens (tertiary/aromatic N) is 3. The van der Waals surface area contributed by atoms with E-state index < -0.39 is 5.60 Å². The molecule has 1 aromatic heterocycles. The maximum Gasteiger partial charge on any atom is 0.147 e. The molecule has 0 radical (unpaired) electrons. The summed E-state index contributed by atoms with van der Waals surface area (Å²) in [6.45, 7) is 6.99. The van der Waals surface area contributed by atoms with Crippen LogP contribution in [0, 0.1) is 5.41 Å². The van der Waals surface area contributed by atoms with Crippen molar-refractivity contribution in [3.8, 4) is 0 Å². The van der Waals surface area contributed by atoms with Crippen molar-refractivity contribution >= 4 is 0 Å². The molecule has 1 aromatic rings. The molecule has 1 aliphatic carbocycles. The predicted molar refractivity (Wildman–Crippen MR) is 81.9 cm³/mol. The molecule has 1 saturated carbocycles. The van der Waals surface area contributed by atoms with Crippen LogP contribution in [0.25, 0.3) is 0 Å². The molecule has 0 amide bonds. The van der Waals surface area contributed by atoms with E-state index in [1.54, 1.807) is 0 Å². The van der Waals surface area contributed by atoms with Crippen LogP contribution in [0.1, 0.15) is 64.0 Å². The number of aryl methyl sites for hydroxylation is 1. The van der Waals surface area contributed by atoms with Crippen LogP contribution in [0.2, 0.25) is 0 Å². The second-order valence-corrected chi connectivity index (χ2v) is 7.63. The molecule has 21 heavy (non-hydrogen) atoms. The molecule has 1 fully saturated rings. The first-order chi connectivity index (χ1) is 9.98. The van der Waals surface area contributed by atoms with Gasteiger partial charge in [-0.2, -0.15) is 0 Å². The van der Waals surface area contributed by atoms with Crippen molar-refractivity contribution in [1.82, 2.24) is 20.1 Å². The first kappa shape index (κ1) is 15.0. The Kier molecular flexibility index (Phi) is 4.06. The molecule has 0 aromatic carbocycles. The van der Waals surface area contributed by atoms with Crippen molar-refractivity contribution in [2.24, 2.45) is 5.41 Å². The van der Waals surface area contributed by atoms with Gasteiger partial charge >= 0.3 is 0 Å². The first-order valence-electron chi connectivity index (χ1n) is 8.32.